The highest BCUT2D eigenvalue weighted by Gasteiger charge is 2.27. The number of phenolic OH excluding ortho intramolecular Hbond substituents is 1. The van der Waals surface area contributed by atoms with Gasteiger partial charge in [-0.25, -0.2) is 13.8 Å². The van der Waals surface area contributed by atoms with Gasteiger partial charge in [-0.2, -0.15) is 8.78 Å². The molecule has 0 aliphatic heterocycles. The molecule has 1 N–H and O–H groups in total. The van der Waals surface area contributed by atoms with Gasteiger partial charge in [0.05, 0.1) is 0 Å². The summed E-state index contributed by atoms with van der Waals surface area (Å²) < 4.78 is 63.7. The number of hydrogen-bond donors (Lipinski definition) is 1. The first-order valence-electron chi connectivity index (χ1n) is 12.0. The first kappa shape index (κ1) is 26.9. The zero-order valence-electron chi connectivity index (χ0n) is 21.4. The van der Waals surface area contributed by atoms with E-state index in [0.717, 1.165) is 11.8 Å². The molecule has 0 bridgehead atoms. The monoisotopic (exact) mass is 521 g/mol. The van der Waals surface area contributed by atoms with Crippen molar-refractivity contribution in [1.29, 1.82) is 0 Å². The number of benzene rings is 4. The lowest BCUT2D eigenvalue weighted by Gasteiger charge is -2.21. The third kappa shape index (κ3) is 5.42. The van der Waals surface area contributed by atoms with Crippen LogP contribution in [0.15, 0.2) is 77.8 Å². The number of nitrogens with zero attached hydrogens (tertiary/aromatic N) is 1. The van der Waals surface area contributed by atoms with E-state index >= 15 is 0 Å². The third-order valence-electron chi connectivity index (χ3n) is 6.34. The summed E-state index contributed by atoms with van der Waals surface area (Å²) in [6.45, 7) is 8.27. The van der Waals surface area contributed by atoms with Gasteiger partial charge in [0.1, 0.15) is 17.2 Å². The van der Waals surface area contributed by atoms with Gasteiger partial charge < -0.3 is 9.84 Å². The van der Waals surface area contributed by atoms with Crippen LogP contribution >= 0.6 is 0 Å². The predicted molar refractivity (Wildman–Crippen MR) is 141 cm³/mol. The van der Waals surface area contributed by atoms with Crippen molar-refractivity contribution in [1.82, 2.24) is 0 Å². The van der Waals surface area contributed by atoms with Crippen LogP contribution in [0.4, 0.5) is 23.2 Å². The van der Waals surface area contributed by atoms with Gasteiger partial charge in [0.15, 0.2) is 11.6 Å². The Morgan fingerprint density at radius 2 is 1.39 bits per heavy atom. The van der Waals surface area contributed by atoms with Gasteiger partial charge in [0.25, 0.3) is 0 Å². The largest absolute Gasteiger partial charge is 0.507 e. The number of halogens is 4. The fourth-order valence-corrected chi connectivity index (χ4v) is 4.03. The van der Waals surface area contributed by atoms with E-state index in [1.54, 1.807) is 30.3 Å². The van der Waals surface area contributed by atoms with Gasteiger partial charge in [0.2, 0.25) is 17.4 Å². The van der Waals surface area contributed by atoms with E-state index in [0.29, 0.717) is 5.56 Å². The van der Waals surface area contributed by atoms with Crippen LogP contribution in [-0.4, -0.2) is 11.3 Å². The lowest BCUT2D eigenvalue weighted by molar-refractivity contribution is 0.368. The van der Waals surface area contributed by atoms with Crippen LogP contribution in [0.25, 0.3) is 0 Å². The second-order valence-corrected chi connectivity index (χ2v) is 9.99. The molecule has 4 aromatic carbocycles. The average molecular weight is 522 g/mol. The molecule has 0 radical (unpaired) electrons. The third-order valence-corrected chi connectivity index (χ3v) is 6.34. The summed E-state index contributed by atoms with van der Waals surface area (Å²) in [5.74, 6) is -8.44. The summed E-state index contributed by atoms with van der Waals surface area (Å²) >= 11 is 0. The van der Waals surface area contributed by atoms with Crippen molar-refractivity contribution in [2.75, 3.05) is 0 Å². The molecule has 0 amide bonds. The van der Waals surface area contributed by atoms with Gasteiger partial charge in [0, 0.05) is 23.3 Å². The molecule has 3 nitrogen and oxygen atoms in total. The minimum Gasteiger partial charge on any atom is -0.507 e. The molecular weight excluding hydrogens is 494 g/mol. The molecule has 1 unspecified atom stereocenters. The van der Waals surface area contributed by atoms with E-state index < -0.39 is 34.7 Å². The van der Waals surface area contributed by atoms with Crippen LogP contribution < -0.4 is 4.74 Å². The molecule has 38 heavy (non-hydrogen) atoms. The number of para-hydroxylation sites is 2. The number of hydrogen-bond acceptors (Lipinski definition) is 3. The summed E-state index contributed by atoms with van der Waals surface area (Å²) in [4.78, 5) is 3.65. The van der Waals surface area contributed by atoms with Crippen molar-refractivity contribution in [2.45, 2.75) is 39.0 Å². The Labute approximate surface area is 219 Å². The number of phenols is 1. The van der Waals surface area contributed by atoms with Crippen LogP contribution in [0.1, 0.15) is 55.9 Å². The smallest absolute Gasteiger partial charge is 0.206 e. The molecule has 4 aromatic rings. The standard InChI is InChI=1S/C31H27F4NO2/c1-18(19-13-15-21(16-14-19)31(2,3)4)23-12-8-9-20(29(23)37)17-36-28-24(32)26(34)30(27(35)25(28)33)38-22-10-6-5-7-11-22/h5-18,37H,1-4H3. The van der Waals surface area contributed by atoms with E-state index in [1.807, 2.05) is 31.2 Å². The van der Waals surface area contributed by atoms with Crippen LogP contribution in [0.2, 0.25) is 0 Å². The zero-order valence-corrected chi connectivity index (χ0v) is 21.4. The predicted octanol–water partition coefficient (Wildman–Crippen LogP) is 8.94. The number of aliphatic imine (C=N–C) groups is 1. The van der Waals surface area contributed by atoms with Gasteiger partial charge in [-0.15, -0.1) is 0 Å². The summed E-state index contributed by atoms with van der Waals surface area (Å²) in [6.07, 6.45) is 0.965. The minimum absolute atomic E-state index is 0.00394. The Morgan fingerprint density at radius 3 is 1.97 bits per heavy atom. The fraction of sp³-hybridized carbons (Fsp3) is 0.194. The summed E-state index contributed by atoms with van der Waals surface area (Å²) in [7, 11) is 0. The molecular formula is C31H27F4NO2. The van der Waals surface area contributed by atoms with Crippen molar-refractivity contribution in [2.24, 2.45) is 4.99 Å². The van der Waals surface area contributed by atoms with E-state index in [9.17, 15) is 22.7 Å². The van der Waals surface area contributed by atoms with E-state index in [-0.39, 0.29) is 28.4 Å². The normalized spacial score (nSPS) is 12.6. The van der Waals surface area contributed by atoms with Gasteiger partial charge in [-0.3, -0.25) is 0 Å². The molecule has 0 aliphatic carbocycles. The SMILES string of the molecule is CC(c1ccc(C(C)(C)C)cc1)c1cccc(C=Nc2c(F)c(F)c(Oc3ccccc3)c(F)c2F)c1O. The Bertz CT molecular complexity index is 1450. The Kier molecular flexibility index (Phi) is 7.58. The maximum atomic E-state index is 14.7. The van der Waals surface area contributed by atoms with Crippen LogP contribution in [0, 0.1) is 23.3 Å². The van der Waals surface area contributed by atoms with Crippen molar-refractivity contribution >= 4 is 11.9 Å². The van der Waals surface area contributed by atoms with E-state index in [2.05, 4.69) is 25.8 Å². The van der Waals surface area contributed by atoms with E-state index in [1.165, 1.54) is 23.8 Å². The highest BCUT2D eigenvalue weighted by molar-refractivity contribution is 5.86. The molecule has 0 aromatic heterocycles. The molecule has 1 atom stereocenters. The number of aromatic hydroxyl groups is 1. The van der Waals surface area contributed by atoms with E-state index in [4.69, 9.17) is 4.74 Å². The maximum absolute atomic E-state index is 14.7. The van der Waals surface area contributed by atoms with Crippen LogP contribution in [-0.2, 0) is 5.41 Å². The van der Waals surface area contributed by atoms with Crippen molar-refractivity contribution < 1.29 is 27.4 Å². The second kappa shape index (κ2) is 10.7. The lowest BCUT2D eigenvalue weighted by Crippen LogP contribution is -2.11. The van der Waals surface area contributed by atoms with Crippen molar-refractivity contribution in [3.05, 3.63) is 118 Å². The quantitative estimate of drug-likeness (QED) is 0.156. The first-order valence-corrected chi connectivity index (χ1v) is 12.0. The van der Waals surface area contributed by atoms with Gasteiger partial charge >= 0.3 is 0 Å². The van der Waals surface area contributed by atoms with Gasteiger partial charge in [-0.1, -0.05) is 82.3 Å². The molecule has 0 saturated carbocycles. The summed E-state index contributed by atoms with van der Waals surface area (Å²) in [5.41, 5.74) is 1.64. The first-order chi connectivity index (χ1) is 18.0. The zero-order chi connectivity index (χ0) is 27.6. The topological polar surface area (TPSA) is 41.8 Å². The van der Waals surface area contributed by atoms with Crippen LogP contribution in [0.5, 0.6) is 17.2 Å². The maximum Gasteiger partial charge on any atom is 0.206 e. The van der Waals surface area contributed by atoms with Crippen molar-refractivity contribution in [3.63, 3.8) is 0 Å². The summed E-state index contributed by atoms with van der Waals surface area (Å²) in [6, 6.07) is 20.4. The molecule has 4 rings (SSSR count). The van der Waals surface area contributed by atoms with Gasteiger partial charge in [-0.05, 0) is 34.7 Å². The number of rotatable bonds is 6. The lowest BCUT2D eigenvalue weighted by atomic mass is 9.84. The minimum atomic E-state index is -1.72. The highest BCUT2D eigenvalue weighted by Crippen LogP contribution is 2.38. The molecule has 0 aliphatic rings. The highest BCUT2D eigenvalue weighted by atomic mass is 19.2. The number of ether oxygens (including phenoxy) is 1. The summed E-state index contributed by atoms with van der Waals surface area (Å²) in [5, 5.41) is 10.9. The molecule has 196 valence electrons. The molecule has 7 heteroatoms. The molecule has 0 fully saturated rings. The molecule has 0 saturated heterocycles. The Morgan fingerprint density at radius 1 is 0.789 bits per heavy atom. The van der Waals surface area contributed by atoms with Crippen molar-refractivity contribution in [3.8, 4) is 17.2 Å². The second-order valence-electron chi connectivity index (χ2n) is 9.99. The molecule has 0 spiro atoms. The average Bonchev–Trinajstić information content (AvgIpc) is 2.90. The molecule has 0 heterocycles. The van der Waals surface area contributed by atoms with Crippen LogP contribution in [0.3, 0.4) is 0 Å². The Hall–Kier alpha value is -4.13. The fourth-order valence-electron chi connectivity index (χ4n) is 4.03. The Balaban J connectivity index is 1.64.